The average molecular weight is 521 g/mol. The van der Waals surface area contributed by atoms with Crippen molar-refractivity contribution in [2.75, 3.05) is 33.9 Å². The minimum absolute atomic E-state index is 0. The molecule has 2 aromatic rings. The van der Waals surface area contributed by atoms with E-state index in [0.717, 1.165) is 53.4 Å². The molecule has 8 heteroatoms. The van der Waals surface area contributed by atoms with Gasteiger partial charge in [0.2, 0.25) is 0 Å². The Morgan fingerprint density at radius 3 is 2.81 bits per heavy atom. The van der Waals surface area contributed by atoms with E-state index in [1.54, 1.807) is 18.4 Å². The molecule has 1 aromatic carbocycles. The van der Waals surface area contributed by atoms with Crippen LogP contribution in [-0.2, 0) is 11.3 Å². The number of halogens is 2. The number of aromatic nitrogens is 1. The highest BCUT2D eigenvalue weighted by atomic mass is 127. The molecule has 0 spiro atoms. The van der Waals surface area contributed by atoms with Gasteiger partial charge in [-0.1, -0.05) is 23.7 Å². The van der Waals surface area contributed by atoms with E-state index in [1.807, 2.05) is 31.3 Å². The molecule has 1 fully saturated rings. The van der Waals surface area contributed by atoms with E-state index in [0.29, 0.717) is 12.5 Å². The summed E-state index contributed by atoms with van der Waals surface area (Å²) in [4.78, 5) is 12.7. The van der Waals surface area contributed by atoms with Crippen LogP contribution in [0.15, 0.2) is 29.3 Å². The molecule has 148 valence electrons. The largest absolute Gasteiger partial charge is 0.384 e. The first kappa shape index (κ1) is 22.4. The summed E-state index contributed by atoms with van der Waals surface area (Å²) in [5.41, 5.74) is 2.13. The lowest BCUT2D eigenvalue weighted by Gasteiger charge is -2.21. The summed E-state index contributed by atoms with van der Waals surface area (Å²) in [5, 5.41) is 5.25. The number of thiazole rings is 1. The number of methoxy groups -OCH3 is 1. The number of guanidine groups is 1. The fourth-order valence-corrected chi connectivity index (χ4v) is 4.31. The van der Waals surface area contributed by atoms with Gasteiger partial charge in [0.05, 0.1) is 18.8 Å². The topological polar surface area (TPSA) is 49.8 Å². The summed E-state index contributed by atoms with van der Waals surface area (Å²) in [7, 11) is 3.59. The Labute approximate surface area is 187 Å². The number of aryl methyl sites for hydroxylation is 1. The number of nitrogens with zero attached hydrogens (tertiary/aromatic N) is 3. The lowest BCUT2D eigenvalue weighted by Crippen LogP contribution is -2.39. The van der Waals surface area contributed by atoms with Crippen LogP contribution >= 0.6 is 46.9 Å². The Bertz CT molecular complexity index is 766. The molecule has 3 rings (SSSR count). The van der Waals surface area contributed by atoms with E-state index in [4.69, 9.17) is 21.3 Å². The van der Waals surface area contributed by atoms with E-state index in [9.17, 15) is 0 Å². The monoisotopic (exact) mass is 520 g/mol. The number of aliphatic imine (C=N–C) groups is 1. The quantitative estimate of drug-likeness (QED) is 0.360. The first-order valence-corrected chi connectivity index (χ1v) is 9.97. The van der Waals surface area contributed by atoms with Gasteiger partial charge in [-0.25, -0.2) is 4.98 Å². The minimum atomic E-state index is 0. The fraction of sp³-hybridized carbons (Fsp3) is 0.474. The van der Waals surface area contributed by atoms with Crippen molar-refractivity contribution >= 4 is 52.9 Å². The number of ether oxygens (including phenoxy) is 1. The van der Waals surface area contributed by atoms with Gasteiger partial charge >= 0.3 is 0 Å². The molecule has 1 atom stereocenters. The number of benzene rings is 1. The van der Waals surface area contributed by atoms with Crippen LogP contribution in [-0.4, -0.2) is 49.7 Å². The lowest BCUT2D eigenvalue weighted by molar-refractivity contribution is 0.157. The predicted molar refractivity (Wildman–Crippen MR) is 124 cm³/mol. The van der Waals surface area contributed by atoms with Crippen LogP contribution in [0.5, 0.6) is 0 Å². The Morgan fingerprint density at radius 1 is 1.41 bits per heavy atom. The first-order chi connectivity index (χ1) is 12.6. The third-order valence-electron chi connectivity index (χ3n) is 4.56. The Balaban J connectivity index is 0.00000261. The molecule has 1 aliphatic heterocycles. The molecule has 1 aromatic heterocycles. The molecule has 2 heterocycles. The fourth-order valence-electron chi connectivity index (χ4n) is 3.29. The van der Waals surface area contributed by atoms with E-state index >= 15 is 0 Å². The highest BCUT2D eigenvalue weighted by Crippen LogP contribution is 2.28. The van der Waals surface area contributed by atoms with Crippen LogP contribution in [0, 0.1) is 12.8 Å². The van der Waals surface area contributed by atoms with Crippen molar-refractivity contribution in [2.45, 2.75) is 19.9 Å². The molecule has 0 bridgehead atoms. The van der Waals surface area contributed by atoms with Gasteiger partial charge in [0.1, 0.15) is 5.01 Å². The van der Waals surface area contributed by atoms with Crippen molar-refractivity contribution in [3.05, 3.63) is 39.2 Å². The number of hydrogen-bond donors (Lipinski definition) is 1. The van der Waals surface area contributed by atoms with Gasteiger partial charge in [-0.2, -0.15) is 0 Å². The summed E-state index contributed by atoms with van der Waals surface area (Å²) in [6.07, 6.45) is 1.14. The summed E-state index contributed by atoms with van der Waals surface area (Å²) >= 11 is 7.70. The maximum Gasteiger partial charge on any atom is 0.194 e. The summed E-state index contributed by atoms with van der Waals surface area (Å²) in [6.45, 7) is 5.59. The van der Waals surface area contributed by atoms with Gasteiger partial charge in [-0.05, 0) is 25.5 Å². The van der Waals surface area contributed by atoms with Crippen molar-refractivity contribution in [1.82, 2.24) is 15.2 Å². The number of likely N-dealkylation sites (tertiary alicyclic amines) is 1. The summed E-state index contributed by atoms with van der Waals surface area (Å²) < 4.78 is 5.28. The molecule has 0 radical (unpaired) electrons. The van der Waals surface area contributed by atoms with Gasteiger partial charge in [0.25, 0.3) is 0 Å². The molecule has 1 aliphatic rings. The van der Waals surface area contributed by atoms with Crippen molar-refractivity contribution in [2.24, 2.45) is 10.9 Å². The predicted octanol–water partition coefficient (Wildman–Crippen LogP) is 4.43. The number of rotatable bonds is 5. The molecular weight excluding hydrogens is 495 g/mol. The van der Waals surface area contributed by atoms with Crippen LogP contribution in [0.3, 0.4) is 0 Å². The molecule has 1 N–H and O–H groups in total. The van der Waals surface area contributed by atoms with Crippen molar-refractivity contribution in [1.29, 1.82) is 0 Å². The smallest absolute Gasteiger partial charge is 0.194 e. The zero-order chi connectivity index (χ0) is 18.5. The Kier molecular flexibility index (Phi) is 8.78. The van der Waals surface area contributed by atoms with Crippen LogP contribution in [0.1, 0.15) is 16.3 Å². The standard InChI is InChI=1S/C19H25ClN4OS.HI/c1-13-18(15-4-6-16(20)7-5-15)23-17(26-13)10-22-19(21-2)24-9-8-14(11-24)12-25-3;/h4-7,14H,8-12H2,1-3H3,(H,21,22);1H. The second-order valence-corrected chi connectivity index (χ2v) is 8.20. The minimum Gasteiger partial charge on any atom is -0.384 e. The van der Waals surface area contributed by atoms with E-state index in [2.05, 4.69) is 22.1 Å². The molecule has 1 unspecified atom stereocenters. The van der Waals surface area contributed by atoms with Crippen LogP contribution in [0.2, 0.25) is 5.02 Å². The SMILES string of the molecule is CN=C(NCc1nc(-c2ccc(Cl)cc2)c(C)s1)N1CCC(COC)C1.I. The second kappa shape index (κ2) is 10.6. The van der Waals surface area contributed by atoms with Crippen molar-refractivity contribution < 1.29 is 4.74 Å². The van der Waals surface area contributed by atoms with E-state index < -0.39 is 0 Å². The zero-order valence-corrected chi connectivity index (χ0v) is 19.8. The molecule has 0 saturated carbocycles. The normalized spacial score (nSPS) is 17.1. The maximum absolute atomic E-state index is 5.98. The average Bonchev–Trinajstić information content (AvgIpc) is 3.24. The van der Waals surface area contributed by atoms with Gasteiger partial charge in [0, 0.05) is 48.6 Å². The van der Waals surface area contributed by atoms with Gasteiger partial charge < -0.3 is 15.0 Å². The summed E-state index contributed by atoms with van der Waals surface area (Å²) in [6, 6.07) is 7.83. The van der Waals surface area contributed by atoms with Gasteiger partial charge in [0.15, 0.2) is 5.96 Å². The zero-order valence-electron chi connectivity index (χ0n) is 15.9. The third-order valence-corrected chi connectivity index (χ3v) is 5.78. The molecule has 0 aliphatic carbocycles. The van der Waals surface area contributed by atoms with Gasteiger partial charge in [-0.3, -0.25) is 4.99 Å². The Morgan fingerprint density at radius 2 is 2.15 bits per heavy atom. The maximum atomic E-state index is 5.98. The molecular formula is C19H26ClIN4OS. The van der Waals surface area contributed by atoms with Crippen molar-refractivity contribution in [3.8, 4) is 11.3 Å². The third kappa shape index (κ3) is 5.79. The molecule has 27 heavy (non-hydrogen) atoms. The summed E-state index contributed by atoms with van der Waals surface area (Å²) in [5.74, 6) is 1.52. The first-order valence-electron chi connectivity index (χ1n) is 8.77. The number of hydrogen-bond acceptors (Lipinski definition) is 4. The lowest BCUT2D eigenvalue weighted by atomic mass is 10.1. The van der Waals surface area contributed by atoms with Crippen LogP contribution in [0.25, 0.3) is 11.3 Å². The molecule has 1 saturated heterocycles. The van der Waals surface area contributed by atoms with E-state index in [-0.39, 0.29) is 24.0 Å². The van der Waals surface area contributed by atoms with Crippen molar-refractivity contribution in [3.63, 3.8) is 0 Å². The second-order valence-electron chi connectivity index (χ2n) is 6.48. The molecule has 0 amide bonds. The van der Waals surface area contributed by atoms with Gasteiger partial charge in [-0.15, -0.1) is 35.3 Å². The van der Waals surface area contributed by atoms with Crippen LogP contribution in [0.4, 0.5) is 0 Å². The Hall–Kier alpha value is -0.900. The van der Waals surface area contributed by atoms with E-state index in [1.165, 1.54) is 4.88 Å². The van der Waals surface area contributed by atoms with Crippen LogP contribution < -0.4 is 5.32 Å². The highest BCUT2D eigenvalue weighted by Gasteiger charge is 2.24. The number of nitrogens with one attached hydrogen (secondary N) is 1. The molecule has 5 nitrogen and oxygen atoms in total. The highest BCUT2D eigenvalue weighted by molar-refractivity contribution is 14.0.